The van der Waals surface area contributed by atoms with Gasteiger partial charge in [-0.1, -0.05) is 24.3 Å². The zero-order chi connectivity index (χ0) is 16.7. The van der Waals surface area contributed by atoms with Crippen molar-refractivity contribution in [1.82, 2.24) is 0 Å². The van der Waals surface area contributed by atoms with E-state index in [4.69, 9.17) is 10.5 Å². The molecule has 0 spiro atoms. The van der Waals surface area contributed by atoms with E-state index in [0.717, 1.165) is 17.1 Å². The van der Waals surface area contributed by atoms with Crippen molar-refractivity contribution in [2.24, 2.45) is 4.99 Å². The summed E-state index contributed by atoms with van der Waals surface area (Å²) in [5.74, 6) is 0. The fourth-order valence-electron chi connectivity index (χ4n) is 2.14. The van der Waals surface area contributed by atoms with Crippen molar-refractivity contribution in [3.63, 3.8) is 0 Å². The second-order valence-corrected chi connectivity index (χ2v) is 4.99. The summed E-state index contributed by atoms with van der Waals surface area (Å²) in [4.78, 5) is 4.47. The molecule has 0 saturated carbocycles. The molecule has 0 aliphatic carbocycles. The van der Waals surface area contributed by atoms with Crippen molar-refractivity contribution in [1.29, 1.82) is 10.5 Å². The maximum atomic E-state index is 9.10. The van der Waals surface area contributed by atoms with Crippen LogP contribution in [0.5, 0.6) is 0 Å². The van der Waals surface area contributed by atoms with Gasteiger partial charge >= 0.3 is 0 Å². The Morgan fingerprint density at radius 2 is 1.57 bits per heavy atom. The lowest BCUT2D eigenvalue weighted by Gasteiger charge is -2.08. The van der Waals surface area contributed by atoms with Crippen LogP contribution >= 0.6 is 0 Å². The summed E-state index contributed by atoms with van der Waals surface area (Å²) in [5.41, 5.74) is 4.17. The predicted molar refractivity (Wildman–Crippen MR) is 92.5 cm³/mol. The number of anilines is 1. The Hall–Kier alpha value is -3.37. The fraction of sp³-hybridized carbons (Fsp3) is 0.105. The molecule has 0 atom stereocenters. The van der Waals surface area contributed by atoms with E-state index in [1.807, 2.05) is 56.3 Å². The van der Waals surface area contributed by atoms with Crippen LogP contribution in [0.2, 0.25) is 0 Å². The van der Waals surface area contributed by atoms with Gasteiger partial charge in [-0.05, 0) is 44.2 Å². The number of nitrogens with one attached hydrogen (secondary N) is 1. The topological polar surface area (TPSA) is 72.0 Å². The summed E-state index contributed by atoms with van der Waals surface area (Å²) in [5, 5.41) is 21.4. The first kappa shape index (κ1) is 16.0. The van der Waals surface area contributed by atoms with E-state index < -0.39 is 0 Å². The molecule has 0 unspecified atom stereocenters. The molecule has 4 nitrogen and oxygen atoms in total. The Morgan fingerprint density at radius 1 is 0.957 bits per heavy atom. The van der Waals surface area contributed by atoms with Gasteiger partial charge < -0.3 is 5.32 Å². The molecule has 0 aliphatic rings. The lowest BCUT2D eigenvalue weighted by atomic mass is 10.2. The third-order valence-electron chi connectivity index (χ3n) is 3.13. The number of nitrogens with zero attached hydrogens (tertiary/aromatic N) is 3. The van der Waals surface area contributed by atoms with E-state index in [9.17, 15) is 0 Å². The quantitative estimate of drug-likeness (QED) is 0.843. The first-order valence-corrected chi connectivity index (χ1v) is 7.13. The monoisotopic (exact) mass is 300 g/mol. The van der Waals surface area contributed by atoms with Crippen LogP contribution < -0.4 is 5.32 Å². The number of hydrogen-bond donors (Lipinski definition) is 1. The van der Waals surface area contributed by atoms with E-state index in [1.165, 1.54) is 0 Å². The van der Waals surface area contributed by atoms with Gasteiger partial charge in [0.1, 0.15) is 12.1 Å². The third kappa shape index (κ3) is 4.30. The van der Waals surface area contributed by atoms with Crippen LogP contribution in [0.3, 0.4) is 0 Å². The van der Waals surface area contributed by atoms with Crippen LogP contribution in [-0.2, 0) is 0 Å². The highest BCUT2D eigenvalue weighted by Crippen LogP contribution is 2.19. The van der Waals surface area contributed by atoms with Gasteiger partial charge in [-0.25, -0.2) is 0 Å². The number of rotatable bonds is 4. The number of allylic oxidation sites excluding steroid dienone is 2. The minimum Gasteiger partial charge on any atom is -0.358 e. The van der Waals surface area contributed by atoms with Gasteiger partial charge in [-0.3, -0.25) is 4.99 Å². The second kappa shape index (κ2) is 7.59. The van der Waals surface area contributed by atoms with Gasteiger partial charge in [0.25, 0.3) is 0 Å². The average molecular weight is 300 g/mol. The number of aliphatic imine (C=N–C) groups is 1. The van der Waals surface area contributed by atoms with E-state index in [2.05, 4.69) is 22.4 Å². The van der Waals surface area contributed by atoms with Gasteiger partial charge in [0.05, 0.1) is 22.5 Å². The van der Waals surface area contributed by atoms with Crippen molar-refractivity contribution < 1.29 is 0 Å². The Balaban J connectivity index is 2.22. The molecule has 0 radical (unpaired) electrons. The highest BCUT2D eigenvalue weighted by molar-refractivity contribution is 5.96. The molecule has 0 fully saturated rings. The molecule has 0 heterocycles. The maximum Gasteiger partial charge on any atom is 0.101 e. The molecule has 0 aromatic heterocycles. The van der Waals surface area contributed by atoms with Crippen molar-refractivity contribution in [2.75, 3.05) is 5.32 Å². The van der Waals surface area contributed by atoms with Gasteiger partial charge in [-0.15, -0.1) is 0 Å². The van der Waals surface area contributed by atoms with E-state index in [0.29, 0.717) is 16.8 Å². The molecule has 2 rings (SSSR count). The van der Waals surface area contributed by atoms with Crippen LogP contribution in [-0.4, -0.2) is 5.71 Å². The maximum absolute atomic E-state index is 9.10. The van der Waals surface area contributed by atoms with Crippen LogP contribution in [0.15, 0.2) is 65.3 Å². The first-order chi connectivity index (χ1) is 11.1. The molecule has 112 valence electrons. The van der Waals surface area contributed by atoms with Crippen LogP contribution in [0.1, 0.15) is 25.0 Å². The lowest BCUT2D eigenvalue weighted by Crippen LogP contribution is -2.00. The first-order valence-electron chi connectivity index (χ1n) is 7.13. The molecule has 0 bridgehead atoms. The largest absolute Gasteiger partial charge is 0.358 e. The van der Waals surface area contributed by atoms with Gasteiger partial charge in [-0.2, -0.15) is 10.5 Å². The molecule has 0 amide bonds. The molecule has 2 aromatic rings. The minimum atomic E-state index is 0.542. The molecule has 0 aliphatic heterocycles. The van der Waals surface area contributed by atoms with E-state index in [-0.39, 0.29) is 0 Å². The molecule has 4 heteroatoms. The normalized spacial score (nSPS) is 11.5. The molecular formula is C19H16N4. The van der Waals surface area contributed by atoms with Gasteiger partial charge in [0.15, 0.2) is 0 Å². The summed E-state index contributed by atoms with van der Waals surface area (Å²) in [6, 6.07) is 18.8. The minimum absolute atomic E-state index is 0.542. The van der Waals surface area contributed by atoms with Crippen molar-refractivity contribution in [3.8, 4) is 12.1 Å². The molecular weight excluding hydrogens is 284 g/mol. The Kier molecular flexibility index (Phi) is 5.28. The van der Waals surface area contributed by atoms with Crippen molar-refractivity contribution in [2.45, 2.75) is 13.8 Å². The zero-order valence-corrected chi connectivity index (χ0v) is 13.0. The summed E-state index contributed by atoms with van der Waals surface area (Å²) in [7, 11) is 0. The SMILES string of the molecule is CC(=CC(C)=Nc1ccccc1C#N)Nc1ccccc1C#N. The zero-order valence-electron chi connectivity index (χ0n) is 13.0. The Morgan fingerprint density at radius 3 is 2.26 bits per heavy atom. The fourth-order valence-corrected chi connectivity index (χ4v) is 2.14. The predicted octanol–water partition coefficient (Wildman–Crippen LogP) is 4.54. The second-order valence-electron chi connectivity index (χ2n) is 4.99. The highest BCUT2D eigenvalue weighted by atomic mass is 14.9. The number of hydrogen-bond acceptors (Lipinski definition) is 4. The summed E-state index contributed by atoms with van der Waals surface area (Å²) in [6.07, 6.45) is 1.88. The lowest BCUT2D eigenvalue weighted by molar-refractivity contribution is 1.36. The molecule has 0 saturated heterocycles. The number of benzene rings is 2. The van der Waals surface area contributed by atoms with Crippen LogP contribution in [0.25, 0.3) is 0 Å². The molecule has 1 N–H and O–H groups in total. The van der Waals surface area contributed by atoms with Crippen LogP contribution in [0, 0.1) is 22.7 Å². The third-order valence-corrected chi connectivity index (χ3v) is 3.13. The molecule has 2 aromatic carbocycles. The highest BCUT2D eigenvalue weighted by Gasteiger charge is 2.02. The standard InChI is InChI=1S/C19H16N4/c1-14(22-18-9-5-3-7-16(18)12-20)11-15(2)23-19-10-6-4-8-17(19)13-21/h3-11,22H,1-2H3. The number of nitriles is 2. The van der Waals surface area contributed by atoms with E-state index >= 15 is 0 Å². The Bertz CT molecular complexity index is 848. The molecule has 23 heavy (non-hydrogen) atoms. The smallest absolute Gasteiger partial charge is 0.101 e. The van der Waals surface area contributed by atoms with E-state index in [1.54, 1.807) is 12.1 Å². The average Bonchev–Trinajstić information content (AvgIpc) is 2.55. The van der Waals surface area contributed by atoms with Gasteiger partial charge in [0, 0.05) is 11.4 Å². The summed E-state index contributed by atoms with van der Waals surface area (Å²) in [6.45, 7) is 3.78. The summed E-state index contributed by atoms with van der Waals surface area (Å²) >= 11 is 0. The van der Waals surface area contributed by atoms with Crippen LogP contribution in [0.4, 0.5) is 11.4 Å². The van der Waals surface area contributed by atoms with Crippen molar-refractivity contribution in [3.05, 3.63) is 71.4 Å². The Labute approximate surface area is 136 Å². The van der Waals surface area contributed by atoms with Crippen molar-refractivity contribution >= 4 is 17.1 Å². The number of para-hydroxylation sites is 2. The van der Waals surface area contributed by atoms with Gasteiger partial charge in [0.2, 0.25) is 0 Å². The summed E-state index contributed by atoms with van der Waals surface area (Å²) < 4.78 is 0.